The molecule has 0 atom stereocenters. The van der Waals surface area contributed by atoms with Gasteiger partial charge < -0.3 is 4.90 Å². The van der Waals surface area contributed by atoms with Crippen LogP contribution in [-0.2, 0) is 0 Å². The van der Waals surface area contributed by atoms with Gasteiger partial charge in [0.25, 0.3) is 0 Å². The molecule has 0 saturated heterocycles. The average molecular weight is 179 g/mol. The van der Waals surface area contributed by atoms with E-state index in [1.807, 2.05) is 19.9 Å². The molecule has 0 aromatic rings. The third-order valence-electron chi connectivity index (χ3n) is 1.77. The summed E-state index contributed by atoms with van der Waals surface area (Å²) >= 11 is 0. The molecular formula is C12H21N. The first-order chi connectivity index (χ1) is 5.99. The average Bonchev–Trinajstić information content (AvgIpc) is 1.99. The zero-order chi connectivity index (χ0) is 10.4. The SMILES string of the molecule is C=C(C)N(/C=C(C)\C=C\C)C(C)C. The fraction of sp³-hybridized carbons (Fsp3) is 0.500. The van der Waals surface area contributed by atoms with Crippen molar-refractivity contribution in [1.82, 2.24) is 4.90 Å². The van der Waals surface area contributed by atoms with E-state index in [2.05, 4.69) is 44.5 Å². The summed E-state index contributed by atoms with van der Waals surface area (Å²) in [7, 11) is 0. The number of nitrogens with zero attached hydrogens (tertiary/aromatic N) is 1. The smallest absolute Gasteiger partial charge is 0.0276 e. The third kappa shape index (κ3) is 4.56. The second-order valence-corrected chi connectivity index (χ2v) is 3.61. The molecule has 0 fully saturated rings. The van der Waals surface area contributed by atoms with Gasteiger partial charge in [0.2, 0.25) is 0 Å². The second-order valence-electron chi connectivity index (χ2n) is 3.61. The second kappa shape index (κ2) is 5.63. The Balaban J connectivity index is 4.59. The first kappa shape index (κ1) is 12.0. The van der Waals surface area contributed by atoms with E-state index >= 15 is 0 Å². The Hall–Kier alpha value is -0.980. The lowest BCUT2D eigenvalue weighted by atomic mass is 10.2. The highest BCUT2D eigenvalue weighted by Gasteiger charge is 2.04. The summed E-state index contributed by atoms with van der Waals surface area (Å²) in [5, 5.41) is 0. The zero-order valence-electron chi connectivity index (χ0n) is 9.46. The van der Waals surface area contributed by atoms with Gasteiger partial charge in [-0.2, -0.15) is 0 Å². The normalized spacial score (nSPS) is 12.6. The quantitative estimate of drug-likeness (QED) is 0.595. The Labute approximate surface area is 82.4 Å². The highest BCUT2D eigenvalue weighted by atomic mass is 15.1. The summed E-state index contributed by atoms with van der Waals surface area (Å²) in [4.78, 5) is 2.18. The van der Waals surface area contributed by atoms with Crippen molar-refractivity contribution in [1.29, 1.82) is 0 Å². The van der Waals surface area contributed by atoms with Crippen LogP contribution < -0.4 is 0 Å². The Morgan fingerprint density at radius 3 is 2.15 bits per heavy atom. The van der Waals surface area contributed by atoms with Gasteiger partial charge in [-0.15, -0.1) is 0 Å². The largest absolute Gasteiger partial charge is 0.350 e. The highest BCUT2D eigenvalue weighted by Crippen LogP contribution is 2.10. The van der Waals surface area contributed by atoms with Crippen LogP contribution in [0.5, 0.6) is 0 Å². The molecule has 0 saturated carbocycles. The van der Waals surface area contributed by atoms with Crippen molar-refractivity contribution in [2.45, 2.75) is 40.7 Å². The van der Waals surface area contributed by atoms with Crippen molar-refractivity contribution in [3.63, 3.8) is 0 Å². The molecular weight excluding hydrogens is 158 g/mol. The van der Waals surface area contributed by atoms with Gasteiger partial charge in [0.05, 0.1) is 0 Å². The number of hydrogen-bond acceptors (Lipinski definition) is 1. The van der Waals surface area contributed by atoms with Crippen molar-refractivity contribution in [2.75, 3.05) is 0 Å². The van der Waals surface area contributed by atoms with Crippen molar-refractivity contribution in [2.24, 2.45) is 0 Å². The van der Waals surface area contributed by atoms with Gasteiger partial charge in [0.15, 0.2) is 0 Å². The van der Waals surface area contributed by atoms with Gasteiger partial charge in [0.1, 0.15) is 0 Å². The van der Waals surface area contributed by atoms with Crippen LogP contribution in [0.15, 0.2) is 36.2 Å². The Bertz CT molecular complexity index is 221. The molecule has 1 heteroatoms. The molecule has 74 valence electrons. The summed E-state index contributed by atoms with van der Waals surface area (Å²) in [6.45, 7) is 14.4. The summed E-state index contributed by atoms with van der Waals surface area (Å²) in [5.74, 6) is 0. The van der Waals surface area contributed by atoms with Gasteiger partial charge in [0, 0.05) is 17.9 Å². The highest BCUT2D eigenvalue weighted by molar-refractivity contribution is 5.17. The Kier molecular flexibility index (Phi) is 5.20. The van der Waals surface area contributed by atoms with Crippen molar-refractivity contribution < 1.29 is 0 Å². The van der Waals surface area contributed by atoms with E-state index < -0.39 is 0 Å². The minimum atomic E-state index is 0.470. The van der Waals surface area contributed by atoms with Crippen LogP contribution in [-0.4, -0.2) is 10.9 Å². The molecule has 0 amide bonds. The third-order valence-corrected chi connectivity index (χ3v) is 1.77. The molecule has 1 nitrogen and oxygen atoms in total. The van der Waals surface area contributed by atoms with E-state index in [9.17, 15) is 0 Å². The van der Waals surface area contributed by atoms with E-state index in [0.717, 1.165) is 5.70 Å². The summed E-state index contributed by atoms with van der Waals surface area (Å²) in [6, 6.07) is 0.470. The minimum Gasteiger partial charge on any atom is -0.350 e. The summed E-state index contributed by atoms with van der Waals surface area (Å²) in [5.41, 5.74) is 2.33. The molecule has 0 rings (SSSR count). The molecule has 0 aliphatic heterocycles. The van der Waals surface area contributed by atoms with Crippen LogP contribution in [0.1, 0.15) is 34.6 Å². The topological polar surface area (TPSA) is 3.24 Å². The molecule has 13 heavy (non-hydrogen) atoms. The monoisotopic (exact) mass is 179 g/mol. The maximum atomic E-state index is 3.95. The van der Waals surface area contributed by atoms with Crippen LogP contribution in [0, 0.1) is 0 Å². The van der Waals surface area contributed by atoms with Crippen LogP contribution in [0.3, 0.4) is 0 Å². The zero-order valence-corrected chi connectivity index (χ0v) is 9.46. The van der Waals surface area contributed by atoms with Gasteiger partial charge >= 0.3 is 0 Å². The van der Waals surface area contributed by atoms with Crippen LogP contribution in [0.4, 0.5) is 0 Å². The molecule has 0 aromatic heterocycles. The van der Waals surface area contributed by atoms with E-state index in [1.165, 1.54) is 5.57 Å². The van der Waals surface area contributed by atoms with Crippen molar-refractivity contribution in [3.8, 4) is 0 Å². The fourth-order valence-electron chi connectivity index (χ4n) is 1.23. The standard InChI is InChI=1S/C12H21N/c1-7-8-12(6)9-13(10(2)3)11(4)5/h7-9,11H,2H2,1,3-6H3/b8-7+,12-9-. The van der Waals surface area contributed by atoms with Gasteiger partial charge in [-0.1, -0.05) is 18.7 Å². The molecule has 0 spiro atoms. The van der Waals surface area contributed by atoms with Crippen LogP contribution in [0.25, 0.3) is 0 Å². The molecule has 0 aliphatic carbocycles. The number of hydrogen-bond donors (Lipinski definition) is 0. The molecule has 0 N–H and O–H groups in total. The first-order valence-electron chi connectivity index (χ1n) is 4.74. The maximum absolute atomic E-state index is 3.95. The number of rotatable bonds is 4. The Morgan fingerprint density at radius 1 is 1.31 bits per heavy atom. The lowest BCUT2D eigenvalue weighted by Crippen LogP contribution is -2.23. The van der Waals surface area contributed by atoms with E-state index in [0.29, 0.717) is 6.04 Å². The molecule has 0 aromatic carbocycles. The lowest BCUT2D eigenvalue weighted by Gasteiger charge is -2.25. The van der Waals surface area contributed by atoms with Gasteiger partial charge in [-0.25, -0.2) is 0 Å². The molecule has 0 heterocycles. The van der Waals surface area contributed by atoms with E-state index in [4.69, 9.17) is 0 Å². The predicted molar refractivity (Wildman–Crippen MR) is 60.4 cm³/mol. The molecule has 0 unspecified atom stereocenters. The molecule has 0 radical (unpaired) electrons. The molecule has 0 aliphatic rings. The van der Waals surface area contributed by atoms with Crippen LogP contribution >= 0.6 is 0 Å². The molecule has 0 bridgehead atoms. The first-order valence-corrected chi connectivity index (χ1v) is 4.74. The fourth-order valence-corrected chi connectivity index (χ4v) is 1.23. The van der Waals surface area contributed by atoms with E-state index in [-0.39, 0.29) is 0 Å². The summed E-state index contributed by atoms with van der Waals surface area (Å²) in [6.07, 6.45) is 6.27. The van der Waals surface area contributed by atoms with Gasteiger partial charge in [-0.3, -0.25) is 0 Å². The van der Waals surface area contributed by atoms with Gasteiger partial charge in [-0.05, 0) is 40.2 Å². The summed E-state index contributed by atoms with van der Waals surface area (Å²) < 4.78 is 0. The minimum absolute atomic E-state index is 0.470. The van der Waals surface area contributed by atoms with Crippen LogP contribution in [0.2, 0.25) is 0 Å². The van der Waals surface area contributed by atoms with Crippen molar-refractivity contribution in [3.05, 3.63) is 36.2 Å². The van der Waals surface area contributed by atoms with Crippen molar-refractivity contribution >= 4 is 0 Å². The van der Waals surface area contributed by atoms with E-state index in [1.54, 1.807) is 0 Å². The number of allylic oxidation sites excluding steroid dienone is 4. The Morgan fingerprint density at radius 2 is 1.85 bits per heavy atom. The lowest BCUT2D eigenvalue weighted by molar-refractivity contribution is 0.384. The predicted octanol–water partition coefficient (Wildman–Crippen LogP) is 3.71. The maximum Gasteiger partial charge on any atom is 0.0276 e.